The number of alkyl halides is 1. The summed E-state index contributed by atoms with van der Waals surface area (Å²) in [5.41, 5.74) is 1.36. The second-order valence-electron chi connectivity index (χ2n) is 4.85. The molecule has 0 aromatic rings. The second kappa shape index (κ2) is 4.31. The monoisotopic (exact) mass is 226 g/mol. The van der Waals surface area contributed by atoms with Gasteiger partial charge in [-0.2, -0.15) is 0 Å². The fraction of sp³-hybridized carbons (Fsp3) is 0.692. The molecule has 0 spiro atoms. The Labute approximate surface area is 96.8 Å². The van der Waals surface area contributed by atoms with Gasteiger partial charge in [0.15, 0.2) is 0 Å². The average molecular weight is 227 g/mol. The summed E-state index contributed by atoms with van der Waals surface area (Å²) >= 11 is 6.26. The van der Waals surface area contributed by atoms with Crippen LogP contribution in [0.2, 0.25) is 0 Å². The molecule has 2 aliphatic carbocycles. The lowest BCUT2D eigenvalue weighted by Crippen LogP contribution is -2.09. The molecule has 15 heavy (non-hydrogen) atoms. The first-order valence-electron chi connectivity index (χ1n) is 5.87. The zero-order valence-electron chi connectivity index (χ0n) is 9.25. The summed E-state index contributed by atoms with van der Waals surface area (Å²) in [6, 6.07) is 0. The Morgan fingerprint density at radius 2 is 2.47 bits per heavy atom. The standard InChI is InChI=1S/C13H19ClO/c1-2-3-11(9-15)6-10-4-5-13(14)8-12(13)7-10/h4-5,7,11-12,15H,2-3,6,8-9H2,1H3. The van der Waals surface area contributed by atoms with Gasteiger partial charge in [0.1, 0.15) is 0 Å². The summed E-state index contributed by atoms with van der Waals surface area (Å²) < 4.78 is 0. The Kier molecular flexibility index (Phi) is 3.22. The Bertz CT molecular complexity index is 295. The number of aliphatic hydroxyl groups excluding tert-OH is 1. The molecule has 1 fully saturated rings. The smallest absolute Gasteiger partial charge is 0.0698 e. The van der Waals surface area contributed by atoms with Crippen molar-refractivity contribution in [2.45, 2.75) is 37.5 Å². The fourth-order valence-corrected chi connectivity index (χ4v) is 2.65. The molecule has 2 rings (SSSR count). The van der Waals surface area contributed by atoms with Gasteiger partial charge in [-0.1, -0.05) is 37.1 Å². The lowest BCUT2D eigenvalue weighted by Gasteiger charge is -2.16. The molecule has 3 atom stereocenters. The van der Waals surface area contributed by atoms with Crippen molar-refractivity contribution in [1.82, 2.24) is 0 Å². The van der Waals surface area contributed by atoms with Gasteiger partial charge in [0.25, 0.3) is 0 Å². The number of aliphatic hydroxyl groups is 1. The Hall–Kier alpha value is -0.270. The molecule has 0 heterocycles. The molecule has 0 saturated heterocycles. The van der Waals surface area contributed by atoms with Crippen molar-refractivity contribution >= 4 is 11.6 Å². The van der Waals surface area contributed by atoms with Crippen LogP contribution in [0.4, 0.5) is 0 Å². The van der Waals surface area contributed by atoms with E-state index in [0.29, 0.717) is 18.4 Å². The molecule has 0 bridgehead atoms. The van der Waals surface area contributed by atoms with Crippen LogP contribution in [0.1, 0.15) is 32.6 Å². The van der Waals surface area contributed by atoms with Crippen LogP contribution in [0.3, 0.4) is 0 Å². The Morgan fingerprint density at radius 1 is 1.67 bits per heavy atom. The number of rotatable bonds is 5. The van der Waals surface area contributed by atoms with E-state index in [1.165, 1.54) is 5.57 Å². The van der Waals surface area contributed by atoms with Crippen LogP contribution < -0.4 is 0 Å². The number of allylic oxidation sites excluding steroid dienone is 4. The van der Waals surface area contributed by atoms with Crippen molar-refractivity contribution < 1.29 is 5.11 Å². The first kappa shape index (κ1) is 11.2. The van der Waals surface area contributed by atoms with E-state index in [4.69, 9.17) is 11.6 Å². The highest BCUT2D eigenvalue weighted by Gasteiger charge is 2.50. The van der Waals surface area contributed by atoms with Gasteiger partial charge in [-0.15, -0.1) is 11.6 Å². The zero-order valence-corrected chi connectivity index (χ0v) is 10.0. The van der Waals surface area contributed by atoms with E-state index >= 15 is 0 Å². The van der Waals surface area contributed by atoms with Gasteiger partial charge in [0, 0.05) is 12.5 Å². The summed E-state index contributed by atoms with van der Waals surface area (Å²) in [7, 11) is 0. The van der Waals surface area contributed by atoms with Crippen molar-refractivity contribution in [1.29, 1.82) is 0 Å². The zero-order chi connectivity index (χ0) is 10.9. The quantitative estimate of drug-likeness (QED) is 0.714. The lowest BCUT2D eigenvalue weighted by atomic mass is 9.93. The maximum atomic E-state index is 9.24. The van der Waals surface area contributed by atoms with Crippen LogP contribution in [0.5, 0.6) is 0 Å². The molecular weight excluding hydrogens is 208 g/mol. The number of fused-ring (bicyclic) bond motifs is 1. The summed E-state index contributed by atoms with van der Waals surface area (Å²) in [4.78, 5) is -0.0387. The molecule has 0 radical (unpaired) electrons. The molecule has 3 unspecified atom stereocenters. The third kappa shape index (κ3) is 2.46. The predicted octanol–water partition coefficient (Wildman–Crippen LogP) is 3.28. The minimum atomic E-state index is -0.0387. The third-order valence-corrected chi connectivity index (χ3v) is 4.02. The van der Waals surface area contributed by atoms with Crippen LogP contribution in [0.25, 0.3) is 0 Å². The van der Waals surface area contributed by atoms with E-state index in [-0.39, 0.29) is 4.87 Å². The van der Waals surface area contributed by atoms with E-state index in [2.05, 4.69) is 25.2 Å². The van der Waals surface area contributed by atoms with Crippen LogP contribution in [0.15, 0.2) is 23.8 Å². The predicted molar refractivity (Wildman–Crippen MR) is 64.0 cm³/mol. The molecule has 0 amide bonds. The van der Waals surface area contributed by atoms with Crippen LogP contribution in [-0.4, -0.2) is 16.6 Å². The number of halogens is 1. The summed E-state index contributed by atoms with van der Waals surface area (Å²) in [5, 5.41) is 9.24. The van der Waals surface area contributed by atoms with Gasteiger partial charge in [-0.25, -0.2) is 0 Å². The van der Waals surface area contributed by atoms with Crippen molar-refractivity contribution in [3.05, 3.63) is 23.8 Å². The minimum absolute atomic E-state index is 0.0387. The Morgan fingerprint density at radius 3 is 3.07 bits per heavy atom. The Balaban J connectivity index is 1.90. The normalized spacial score (nSPS) is 34.6. The van der Waals surface area contributed by atoms with Crippen molar-refractivity contribution in [3.63, 3.8) is 0 Å². The molecule has 2 heteroatoms. The average Bonchev–Trinajstić information content (AvgIpc) is 2.88. The SMILES string of the molecule is CCCC(CO)CC1=CC2CC2(Cl)C=C1. The van der Waals surface area contributed by atoms with Crippen molar-refractivity contribution in [2.75, 3.05) is 6.61 Å². The number of hydrogen-bond acceptors (Lipinski definition) is 1. The second-order valence-corrected chi connectivity index (χ2v) is 5.56. The number of hydrogen-bond donors (Lipinski definition) is 1. The molecule has 1 nitrogen and oxygen atoms in total. The van der Waals surface area contributed by atoms with Gasteiger partial charge >= 0.3 is 0 Å². The van der Waals surface area contributed by atoms with Crippen LogP contribution >= 0.6 is 11.6 Å². The maximum absolute atomic E-state index is 9.24. The molecule has 0 aromatic heterocycles. The van der Waals surface area contributed by atoms with E-state index in [9.17, 15) is 5.11 Å². The van der Waals surface area contributed by atoms with Gasteiger partial charge < -0.3 is 5.11 Å². The van der Waals surface area contributed by atoms with Gasteiger partial charge in [-0.3, -0.25) is 0 Å². The van der Waals surface area contributed by atoms with Crippen LogP contribution in [0, 0.1) is 11.8 Å². The van der Waals surface area contributed by atoms with E-state index in [1.54, 1.807) is 0 Å². The van der Waals surface area contributed by atoms with Crippen LogP contribution in [-0.2, 0) is 0 Å². The van der Waals surface area contributed by atoms with E-state index in [1.807, 2.05) is 0 Å². The minimum Gasteiger partial charge on any atom is -0.396 e. The summed E-state index contributed by atoms with van der Waals surface area (Å²) in [6.07, 6.45) is 10.9. The molecule has 2 aliphatic rings. The van der Waals surface area contributed by atoms with E-state index in [0.717, 1.165) is 25.7 Å². The molecule has 0 aliphatic heterocycles. The third-order valence-electron chi connectivity index (χ3n) is 3.46. The molecular formula is C13H19ClO. The van der Waals surface area contributed by atoms with Crippen molar-refractivity contribution in [3.8, 4) is 0 Å². The fourth-order valence-electron chi connectivity index (χ4n) is 2.36. The maximum Gasteiger partial charge on any atom is 0.0698 e. The highest BCUT2D eigenvalue weighted by Crippen LogP contribution is 2.54. The summed E-state index contributed by atoms with van der Waals surface area (Å²) in [6.45, 7) is 2.47. The first-order valence-corrected chi connectivity index (χ1v) is 6.25. The van der Waals surface area contributed by atoms with Gasteiger partial charge in [-0.05, 0) is 25.2 Å². The molecule has 0 aromatic carbocycles. The topological polar surface area (TPSA) is 20.2 Å². The van der Waals surface area contributed by atoms with Gasteiger partial charge in [0.05, 0.1) is 4.87 Å². The van der Waals surface area contributed by atoms with Crippen molar-refractivity contribution in [2.24, 2.45) is 11.8 Å². The highest BCUT2D eigenvalue weighted by atomic mass is 35.5. The molecule has 1 N–H and O–H groups in total. The molecule has 1 saturated carbocycles. The first-order chi connectivity index (χ1) is 7.18. The highest BCUT2D eigenvalue weighted by molar-refractivity contribution is 6.28. The lowest BCUT2D eigenvalue weighted by molar-refractivity contribution is 0.217. The summed E-state index contributed by atoms with van der Waals surface area (Å²) in [5.74, 6) is 0.979. The van der Waals surface area contributed by atoms with Gasteiger partial charge in [0.2, 0.25) is 0 Å². The largest absolute Gasteiger partial charge is 0.396 e. The van der Waals surface area contributed by atoms with E-state index < -0.39 is 0 Å². The molecule has 84 valence electrons.